The molecule has 0 saturated carbocycles. The van der Waals surface area contributed by atoms with Crippen molar-refractivity contribution in [3.63, 3.8) is 0 Å². The summed E-state index contributed by atoms with van der Waals surface area (Å²) in [5.41, 5.74) is 5.94. The first-order valence-corrected chi connectivity index (χ1v) is 16.2. The summed E-state index contributed by atoms with van der Waals surface area (Å²) in [5.74, 6) is 1.17. The van der Waals surface area contributed by atoms with Crippen LogP contribution in [0.25, 0.3) is 11.1 Å². The molecular weight excluding hydrogens is 502 g/mol. The highest BCUT2D eigenvalue weighted by Gasteiger charge is 2.13. The lowest BCUT2D eigenvalue weighted by atomic mass is 9.88. The molecule has 3 nitrogen and oxygen atoms in total. The van der Waals surface area contributed by atoms with Crippen LogP contribution >= 0.6 is 0 Å². The second-order valence-corrected chi connectivity index (χ2v) is 11.1. The summed E-state index contributed by atoms with van der Waals surface area (Å²) >= 11 is 0. The minimum atomic E-state index is 0.280. The predicted molar refractivity (Wildman–Crippen MR) is 177 cm³/mol. The maximum absolute atomic E-state index is 9.86. The third-order valence-electron chi connectivity index (χ3n) is 7.83. The minimum Gasteiger partial charge on any atom is -0.508 e. The molecule has 3 aromatic rings. The van der Waals surface area contributed by atoms with Gasteiger partial charge in [-0.25, -0.2) is 0 Å². The summed E-state index contributed by atoms with van der Waals surface area (Å²) < 4.78 is 6.04. The Morgan fingerprint density at radius 3 is 1.68 bits per heavy atom. The minimum absolute atomic E-state index is 0.280. The average Bonchev–Trinajstić information content (AvgIpc) is 3.01. The molecule has 0 aliphatic rings. The fourth-order valence-electron chi connectivity index (χ4n) is 5.48. The monoisotopic (exact) mass is 555 g/mol. The molecule has 222 valence electrons. The number of unbranched alkanes of at least 4 members (excludes halogenated alkanes) is 11. The number of rotatable bonds is 21. The van der Waals surface area contributed by atoms with Gasteiger partial charge in [0.25, 0.3) is 0 Å². The Hall–Kier alpha value is -3.04. The van der Waals surface area contributed by atoms with E-state index in [4.69, 9.17) is 4.74 Å². The topological polar surface area (TPSA) is 41.5 Å². The van der Waals surface area contributed by atoms with Crippen molar-refractivity contribution < 1.29 is 9.84 Å². The van der Waals surface area contributed by atoms with Gasteiger partial charge in [0, 0.05) is 6.54 Å². The van der Waals surface area contributed by atoms with E-state index in [0.717, 1.165) is 36.4 Å². The zero-order valence-electron chi connectivity index (χ0n) is 25.7. The van der Waals surface area contributed by atoms with Crippen LogP contribution in [-0.2, 0) is 0 Å². The van der Waals surface area contributed by atoms with Gasteiger partial charge in [-0.2, -0.15) is 0 Å². The molecule has 0 atom stereocenters. The normalized spacial score (nSPS) is 11.9. The van der Waals surface area contributed by atoms with Crippen molar-refractivity contribution in [3.05, 3.63) is 95.6 Å². The van der Waals surface area contributed by atoms with E-state index in [9.17, 15) is 5.11 Å². The van der Waals surface area contributed by atoms with Crippen LogP contribution in [0.15, 0.2) is 78.9 Å². The predicted octanol–water partition coefficient (Wildman–Crippen LogP) is 10.4. The van der Waals surface area contributed by atoms with Crippen LogP contribution in [-0.4, -0.2) is 24.8 Å². The highest BCUT2D eigenvalue weighted by molar-refractivity contribution is 5.98. The van der Waals surface area contributed by atoms with Gasteiger partial charge in [0.05, 0.1) is 0 Å². The fraction of sp³-hybridized carbons (Fsp3) is 0.474. The molecule has 0 bridgehead atoms. The van der Waals surface area contributed by atoms with Gasteiger partial charge in [0.2, 0.25) is 0 Å². The summed E-state index contributed by atoms with van der Waals surface area (Å²) in [4.78, 5) is 0. The number of hydrogen-bond donors (Lipinski definition) is 2. The molecule has 3 rings (SSSR count). The number of nitrogens with one attached hydrogen (secondary N) is 1. The molecule has 41 heavy (non-hydrogen) atoms. The van der Waals surface area contributed by atoms with E-state index >= 15 is 0 Å². The molecule has 0 heterocycles. The maximum atomic E-state index is 9.86. The number of phenols is 1. The molecule has 3 aromatic carbocycles. The average molecular weight is 556 g/mol. The van der Waals surface area contributed by atoms with E-state index in [0.29, 0.717) is 6.61 Å². The quantitative estimate of drug-likeness (QED) is 0.101. The van der Waals surface area contributed by atoms with Crippen molar-refractivity contribution in [1.29, 1.82) is 0 Å². The lowest BCUT2D eigenvalue weighted by Gasteiger charge is -2.17. The molecule has 0 amide bonds. The zero-order chi connectivity index (χ0) is 29.0. The van der Waals surface area contributed by atoms with Gasteiger partial charge >= 0.3 is 0 Å². The van der Waals surface area contributed by atoms with Gasteiger partial charge < -0.3 is 15.2 Å². The lowest BCUT2D eigenvalue weighted by molar-refractivity contribution is 0.313. The van der Waals surface area contributed by atoms with E-state index in [1.54, 1.807) is 12.1 Å². The first-order valence-electron chi connectivity index (χ1n) is 16.2. The molecule has 3 heteroatoms. The number of benzene rings is 3. The molecule has 2 N–H and O–H groups in total. The van der Waals surface area contributed by atoms with E-state index in [1.165, 1.54) is 93.8 Å². The fourth-order valence-corrected chi connectivity index (χ4v) is 5.48. The van der Waals surface area contributed by atoms with E-state index in [1.807, 2.05) is 12.1 Å². The number of hydrogen-bond acceptors (Lipinski definition) is 3. The van der Waals surface area contributed by atoms with Gasteiger partial charge in [-0.1, -0.05) is 139 Å². The third-order valence-corrected chi connectivity index (χ3v) is 7.83. The summed E-state index contributed by atoms with van der Waals surface area (Å²) in [7, 11) is 0. The molecule has 0 saturated heterocycles. The third kappa shape index (κ3) is 12.2. The van der Waals surface area contributed by atoms with Gasteiger partial charge in [-0.05, 0) is 71.5 Å². The zero-order valence-corrected chi connectivity index (χ0v) is 25.7. The highest BCUT2D eigenvalue weighted by atomic mass is 16.5. The molecule has 0 aromatic heterocycles. The Morgan fingerprint density at radius 2 is 1.12 bits per heavy atom. The first kappa shape index (κ1) is 32.5. The van der Waals surface area contributed by atoms with Crippen LogP contribution in [0, 0.1) is 0 Å². The smallest absolute Gasteiger partial charge is 0.119 e. The Morgan fingerprint density at radius 1 is 0.585 bits per heavy atom. The van der Waals surface area contributed by atoms with Crippen LogP contribution in [0.2, 0.25) is 0 Å². The molecule has 0 radical (unpaired) electrons. The molecular formula is C38H53NO2. The van der Waals surface area contributed by atoms with Gasteiger partial charge in [0.1, 0.15) is 18.1 Å². The van der Waals surface area contributed by atoms with Crippen LogP contribution < -0.4 is 10.1 Å². The number of phenolic OH excluding ortho intramolecular Hbond substituents is 1. The molecule has 0 spiro atoms. The Kier molecular flexibility index (Phi) is 15.8. The highest BCUT2D eigenvalue weighted by Crippen LogP contribution is 2.35. The van der Waals surface area contributed by atoms with Crippen molar-refractivity contribution >= 4 is 11.1 Å². The van der Waals surface area contributed by atoms with Crippen LogP contribution in [0.4, 0.5) is 0 Å². The summed E-state index contributed by atoms with van der Waals surface area (Å²) in [5, 5.41) is 13.4. The van der Waals surface area contributed by atoms with Crippen molar-refractivity contribution in [3.8, 4) is 11.5 Å². The van der Waals surface area contributed by atoms with Gasteiger partial charge in [-0.3, -0.25) is 0 Å². The Bertz CT molecular complexity index is 1100. The van der Waals surface area contributed by atoms with E-state index in [-0.39, 0.29) is 5.75 Å². The largest absolute Gasteiger partial charge is 0.508 e. The molecule has 0 aliphatic heterocycles. The number of allylic oxidation sites excluding steroid dienone is 1. The first-order chi connectivity index (χ1) is 20.2. The van der Waals surface area contributed by atoms with Crippen molar-refractivity contribution in [2.24, 2.45) is 0 Å². The Labute approximate surface area is 250 Å². The molecule has 0 unspecified atom stereocenters. The van der Waals surface area contributed by atoms with Crippen molar-refractivity contribution in [2.75, 3.05) is 19.7 Å². The lowest BCUT2D eigenvalue weighted by Crippen LogP contribution is -2.22. The molecule has 0 fully saturated rings. The van der Waals surface area contributed by atoms with Crippen LogP contribution in [0.5, 0.6) is 11.5 Å². The summed E-state index contributed by atoms with van der Waals surface area (Å²) in [6, 6.07) is 26.5. The summed E-state index contributed by atoms with van der Waals surface area (Å²) in [6.45, 7) is 7.09. The second kappa shape index (κ2) is 19.9. The van der Waals surface area contributed by atoms with Crippen molar-refractivity contribution in [1.82, 2.24) is 5.32 Å². The maximum Gasteiger partial charge on any atom is 0.119 e. The van der Waals surface area contributed by atoms with E-state index < -0.39 is 0 Å². The number of aromatic hydroxyl groups is 1. The van der Waals surface area contributed by atoms with Crippen LogP contribution in [0.1, 0.15) is 114 Å². The second-order valence-electron chi connectivity index (χ2n) is 11.1. The van der Waals surface area contributed by atoms with Gasteiger partial charge in [0.15, 0.2) is 0 Å². The Balaban J connectivity index is 1.39. The summed E-state index contributed by atoms with van der Waals surface area (Å²) in [6.07, 6.45) is 17.5. The SMILES string of the molecule is CCCCCCCCCCCCCCNCCOc1ccc(/C(=C(/CC)c2ccccc2)c2ccc(O)cc2)cc1. The standard InChI is InChI=1S/C38H53NO2/c1-3-5-6-7-8-9-10-11-12-13-14-18-29-39-30-31-41-36-27-23-34(24-28-36)38(33-21-25-35(40)26-22-33)37(4-2)32-19-16-15-17-20-32/h15-17,19-28,39-40H,3-14,18,29-31H2,1-2H3/b38-37-. The number of ether oxygens (including phenoxy) is 1. The van der Waals surface area contributed by atoms with E-state index in [2.05, 4.69) is 73.8 Å². The van der Waals surface area contributed by atoms with Crippen molar-refractivity contribution in [2.45, 2.75) is 97.3 Å². The van der Waals surface area contributed by atoms with Crippen LogP contribution in [0.3, 0.4) is 0 Å². The van der Waals surface area contributed by atoms with Gasteiger partial charge in [-0.15, -0.1) is 0 Å². The molecule has 0 aliphatic carbocycles.